The van der Waals surface area contributed by atoms with Crippen molar-refractivity contribution in [3.63, 3.8) is 0 Å². The molecule has 29 heavy (non-hydrogen) atoms. The van der Waals surface area contributed by atoms with Crippen molar-refractivity contribution in [2.75, 3.05) is 19.4 Å². The Morgan fingerprint density at radius 1 is 1.31 bits per heavy atom. The van der Waals surface area contributed by atoms with Crippen LogP contribution in [0.1, 0.15) is 23.7 Å². The van der Waals surface area contributed by atoms with Crippen LogP contribution in [0, 0.1) is 5.82 Å². The summed E-state index contributed by atoms with van der Waals surface area (Å²) in [6.45, 7) is 1.78. The summed E-state index contributed by atoms with van der Waals surface area (Å²) in [6, 6.07) is 5.79. The second-order valence-corrected chi connectivity index (χ2v) is 7.13. The maximum Gasteiger partial charge on any atom is 0.276 e. The number of carbonyl (C=O) groups excluding carboxylic acids is 2. The van der Waals surface area contributed by atoms with E-state index in [9.17, 15) is 14.0 Å². The molecule has 1 unspecified atom stereocenters. The molecule has 0 bridgehead atoms. The Hall–Kier alpha value is -3.53. The largest absolute Gasteiger partial charge is 0.365 e. The molecule has 0 fully saturated rings. The van der Waals surface area contributed by atoms with Gasteiger partial charge < -0.3 is 16.8 Å². The predicted octanol–water partition coefficient (Wildman–Crippen LogP) is 1.54. The van der Waals surface area contributed by atoms with E-state index in [1.54, 1.807) is 37.9 Å². The van der Waals surface area contributed by atoms with Gasteiger partial charge in [-0.2, -0.15) is 14.5 Å². The number of nitrogens with zero attached hydrogens (tertiary/aromatic N) is 4. The maximum atomic E-state index is 14.9. The Labute approximate surface area is 166 Å². The van der Waals surface area contributed by atoms with Crippen molar-refractivity contribution in [1.82, 2.24) is 19.1 Å². The fourth-order valence-corrected chi connectivity index (χ4v) is 3.45. The average molecular weight is 400 g/mol. The van der Waals surface area contributed by atoms with Gasteiger partial charge in [0.05, 0.1) is 37.1 Å². The van der Waals surface area contributed by atoms with Crippen molar-refractivity contribution in [3.8, 4) is 0 Å². The number of aromatic nitrogens is 3. The molecule has 0 saturated heterocycles. The zero-order valence-corrected chi connectivity index (χ0v) is 16.4. The Morgan fingerprint density at radius 3 is 2.66 bits per heavy atom. The minimum absolute atomic E-state index is 0.0420. The quantitative estimate of drug-likeness (QED) is 0.518. The normalized spacial score (nSPS) is 12.7. The molecule has 0 spiro atoms. The summed E-state index contributed by atoms with van der Waals surface area (Å²) in [6.07, 6.45) is 3.71. The average Bonchev–Trinajstić information content (AvgIpc) is 3.05. The molecule has 0 aliphatic carbocycles. The lowest BCUT2D eigenvalue weighted by atomic mass is 10.1. The zero-order valence-electron chi connectivity index (χ0n) is 16.4. The lowest BCUT2D eigenvalue weighted by Gasteiger charge is -2.34. The number of hydrogen-bond donors (Lipinski definition) is 3. The van der Waals surface area contributed by atoms with E-state index in [4.69, 9.17) is 11.5 Å². The van der Waals surface area contributed by atoms with Crippen LogP contribution in [0.25, 0.3) is 5.52 Å². The van der Waals surface area contributed by atoms with Crippen molar-refractivity contribution >= 4 is 34.7 Å². The Bertz CT molecular complexity index is 1090. The standard InChI is InChI=1S/C19H22FN7O2/c1-4-15(17(22)29)27(2,3)19-12(20)9-11(16(21)28)18(25-19)24-13-10-23-26-8-6-5-7-14(13)26/h5-10,15H,4H2,1-3H3,(H4-,21,22,24,25,28,29)/p+1. The zero-order chi connectivity index (χ0) is 21.3. The van der Waals surface area contributed by atoms with E-state index in [0.717, 1.165) is 11.6 Å². The minimum atomic E-state index is -0.839. The van der Waals surface area contributed by atoms with Crippen LogP contribution >= 0.6 is 0 Å². The molecule has 2 amide bonds. The van der Waals surface area contributed by atoms with Gasteiger partial charge in [0.2, 0.25) is 5.82 Å². The van der Waals surface area contributed by atoms with Gasteiger partial charge in [0.25, 0.3) is 17.6 Å². The molecule has 3 aromatic rings. The molecule has 152 valence electrons. The van der Waals surface area contributed by atoms with Gasteiger partial charge in [0.15, 0.2) is 6.04 Å². The third kappa shape index (κ3) is 3.61. The minimum Gasteiger partial charge on any atom is -0.365 e. The third-order valence-corrected chi connectivity index (χ3v) is 4.94. The third-order valence-electron chi connectivity index (χ3n) is 4.94. The number of fused-ring (bicyclic) bond motifs is 1. The number of nitrogens with one attached hydrogen (secondary N) is 1. The van der Waals surface area contributed by atoms with E-state index in [1.165, 1.54) is 0 Å². The van der Waals surface area contributed by atoms with E-state index < -0.39 is 23.7 Å². The fraction of sp³-hybridized carbons (Fsp3) is 0.263. The number of halogens is 1. The summed E-state index contributed by atoms with van der Waals surface area (Å²) in [5, 5.41) is 7.23. The van der Waals surface area contributed by atoms with Crippen LogP contribution in [0.4, 0.5) is 21.7 Å². The molecule has 1 atom stereocenters. The van der Waals surface area contributed by atoms with Gasteiger partial charge in [0.1, 0.15) is 5.82 Å². The van der Waals surface area contributed by atoms with E-state index in [1.807, 2.05) is 18.2 Å². The number of carbonyl (C=O) groups is 2. The first-order chi connectivity index (χ1) is 13.7. The van der Waals surface area contributed by atoms with Gasteiger partial charge >= 0.3 is 0 Å². The summed E-state index contributed by atoms with van der Waals surface area (Å²) in [4.78, 5) is 28.1. The van der Waals surface area contributed by atoms with Gasteiger partial charge in [-0.05, 0) is 18.2 Å². The van der Waals surface area contributed by atoms with Crippen molar-refractivity contribution in [1.29, 1.82) is 0 Å². The highest BCUT2D eigenvalue weighted by Gasteiger charge is 2.38. The second-order valence-electron chi connectivity index (χ2n) is 7.13. The number of rotatable bonds is 7. The molecule has 5 N–H and O–H groups in total. The highest BCUT2D eigenvalue weighted by molar-refractivity contribution is 5.99. The molecule has 9 nitrogen and oxygen atoms in total. The van der Waals surface area contributed by atoms with Crippen LogP contribution in [0.2, 0.25) is 0 Å². The van der Waals surface area contributed by atoms with Crippen LogP contribution in [0.5, 0.6) is 0 Å². The molecule has 0 saturated carbocycles. The number of quaternary nitrogens is 1. The highest BCUT2D eigenvalue weighted by Crippen LogP contribution is 2.31. The summed E-state index contributed by atoms with van der Waals surface area (Å²) < 4.78 is 16.3. The molecule has 3 rings (SSSR count). The smallest absolute Gasteiger partial charge is 0.276 e. The topological polar surface area (TPSA) is 128 Å². The Balaban J connectivity index is 2.14. The Morgan fingerprint density at radius 2 is 2.03 bits per heavy atom. The summed E-state index contributed by atoms with van der Waals surface area (Å²) in [5.74, 6) is -2.14. The molecule has 3 heterocycles. The monoisotopic (exact) mass is 400 g/mol. The molecule has 0 aromatic carbocycles. The number of likely N-dealkylation sites (N-methyl/N-ethyl adjacent to an activating group) is 1. The van der Waals surface area contributed by atoms with Crippen LogP contribution in [-0.2, 0) is 4.79 Å². The van der Waals surface area contributed by atoms with Gasteiger partial charge in [-0.15, -0.1) is 0 Å². The molecule has 10 heteroatoms. The summed E-state index contributed by atoms with van der Waals surface area (Å²) >= 11 is 0. The SMILES string of the molecule is CCC(C(N)=O)[N+](C)(C)c1nc(Nc2cnn3ccccc23)c(C(N)=O)cc1F. The first-order valence-electron chi connectivity index (χ1n) is 9.00. The summed E-state index contributed by atoms with van der Waals surface area (Å²) in [7, 11) is 3.26. The fourth-order valence-electron chi connectivity index (χ4n) is 3.45. The number of primary amides is 2. The second kappa shape index (κ2) is 7.47. The van der Waals surface area contributed by atoms with Crippen LogP contribution in [0.3, 0.4) is 0 Å². The Kier molecular flexibility index (Phi) is 5.21. The molecule has 0 aliphatic heterocycles. The van der Waals surface area contributed by atoms with Crippen LogP contribution < -0.4 is 21.3 Å². The van der Waals surface area contributed by atoms with E-state index in [0.29, 0.717) is 12.1 Å². The van der Waals surface area contributed by atoms with Crippen molar-refractivity contribution in [2.24, 2.45) is 11.5 Å². The number of nitrogens with two attached hydrogens (primary N) is 2. The maximum absolute atomic E-state index is 14.9. The number of anilines is 2. The molecular formula is C19H23FN7O2+. The molecule has 0 aliphatic rings. The molecular weight excluding hydrogens is 377 g/mol. The highest BCUT2D eigenvalue weighted by atomic mass is 19.1. The first-order valence-corrected chi connectivity index (χ1v) is 9.00. The van der Waals surface area contributed by atoms with Crippen LogP contribution in [0.15, 0.2) is 36.7 Å². The van der Waals surface area contributed by atoms with Gasteiger partial charge in [-0.3, -0.25) is 14.1 Å². The van der Waals surface area contributed by atoms with E-state index >= 15 is 0 Å². The predicted molar refractivity (Wildman–Crippen MR) is 108 cm³/mol. The number of hydrogen-bond acceptors (Lipinski definition) is 5. The number of pyridine rings is 2. The first kappa shape index (κ1) is 20.2. The van der Waals surface area contributed by atoms with E-state index in [2.05, 4.69) is 15.4 Å². The van der Waals surface area contributed by atoms with Gasteiger partial charge in [-0.1, -0.05) is 13.0 Å². The van der Waals surface area contributed by atoms with Crippen molar-refractivity contribution in [2.45, 2.75) is 19.4 Å². The van der Waals surface area contributed by atoms with Crippen molar-refractivity contribution < 1.29 is 14.0 Å². The summed E-state index contributed by atoms with van der Waals surface area (Å²) in [5.41, 5.74) is 12.1. The van der Waals surface area contributed by atoms with E-state index in [-0.39, 0.29) is 21.7 Å². The number of amides is 2. The van der Waals surface area contributed by atoms with Gasteiger partial charge in [-0.25, -0.2) is 4.52 Å². The molecule has 3 aromatic heterocycles. The van der Waals surface area contributed by atoms with Crippen molar-refractivity contribution in [3.05, 3.63) is 48.0 Å². The lowest BCUT2D eigenvalue weighted by Crippen LogP contribution is -2.56. The van der Waals surface area contributed by atoms with Crippen LogP contribution in [-0.4, -0.2) is 46.5 Å². The van der Waals surface area contributed by atoms with Gasteiger partial charge in [0, 0.05) is 12.6 Å². The lowest BCUT2D eigenvalue weighted by molar-refractivity contribution is -0.122. The molecule has 0 radical (unpaired) electrons.